The van der Waals surface area contributed by atoms with E-state index < -0.39 is 15.3 Å². The molecule has 1 aliphatic heterocycles. The van der Waals surface area contributed by atoms with Crippen LogP contribution in [0.25, 0.3) is 10.8 Å². The summed E-state index contributed by atoms with van der Waals surface area (Å²) in [5.74, 6) is 0.344. The van der Waals surface area contributed by atoms with Gasteiger partial charge in [0.2, 0.25) is 15.9 Å². The molecule has 3 atom stereocenters. The van der Waals surface area contributed by atoms with Gasteiger partial charge in [-0.05, 0) is 35.1 Å². The van der Waals surface area contributed by atoms with Gasteiger partial charge < -0.3 is 4.90 Å². The number of nitrogens with one attached hydrogen (secondary N) is 1. The molecule has 0 aromatic heterocycles. The third kappa shape index (κ3) is 3.12. The van der Waals surface area contributed by atoms with Crippen LogP contribution in [-0.2, 0) is 14.8 Å². The first-order valence-electron chi connectivity index (χ1n) is 9.26. The molecular formula is C20H24N2O3S. The van der Waals surface area contributed by atoms with Gasteiger partial charge in [0.05, 0.1) is 5.25 Å². The van der Waals surface area contributed by atoms with Crippen molar-refractivity contribution in [1.82, 2.24) is 9.62 Å². The summed E-state index contributed by atoms with van der Waals surface area (Å²) in [6, 6.07) is 14.5. The maximum Gasteiger partial charge on any atom is 0.226 e. The minimum absolute atomic E-state index is 0.0126. The Hall–Kier alpha value is -1.92. The van der Waals surface area contributed by atoms with Gasteiger partial charge in [-0.1, -0.05) is 49.4 Å². The number of amides is 1. The highest BCUT2D eigenvalue weighted by atomic mass is 32.2. The molecule has 0 unspecified atom stereocenters. The fraction of sp³-hybridized carbons (Fsp3) is 0.450. The van der Waals surface area contributed by atoms with Gasteiger partial charge in [0, 0.05) is 25.6 Å². The van der Waals surface area contributed by atoms with Crippen LogP contribution in [0.3, 0.4) is 0 Å². The monoisotopic (exact) mass is 372 g/mol. The van der Waals surface area contributed by atoms with E-state index in [1.165, 1.54) is 16.3 Å². The molecule has 6 heteroatoms. The molecule has 1 saturated carbocycles. The van der Waals surface area contributed by atoms with Crippen molar-refractivity contribution in [2.45, 2.75) is 30.9 Å². The number of likely N-dealkylation sites (tertiary alicyclic amines) is 1. The molecule has 4 rings (SSSR count). The Morgan fingerprint density at radius 2 is 1.96 bits per heavy atom. The molecule has 1 heterocycles. The van der Waals surface area contributed by atoms with Gasteiger partial charge in [0.15, 0.2) is 0 Å². The predicted molar refractivity (Wildman–Crippen MR) is 102 cm³/mol. The van der Waals surface area contributed by atoms with Gasteiger partial charge in [-0.2, -0.15) is 0 Å². The Kier molecular flexibility index (Phi) is 4.49. The van der Waals surface area contributed by atoms with Crippen molar-refractivity contribution in [1.29, 1.82) is 0 Å². The van der Waals surface area contributed by atoms with Crippen molar-refractivity contribution in [2.75, 3.05) is 19.6 Å². The molecule has 0 spiro atoms. The molecule has 1 N–H and O–H groups in total. The summed E-state index contributed by atoms with van der Waals surface area (Å²) in [4.78, 5) is 14.6. The Balaban J connectivity index is 1.46. The van der Waals surface area contributed by atoms with E-state index in [2.05, 4.69) is 29.0 Å². The summed E-state index contributed by atoms with van der Waals surface area (Å²) in [7, 11) is -3.32. The number of rotatable bonds is 5. The van der Waals surface area contributed by atoms with Crippen LogP contribution in [0.15, 0.2) is 42.5 Å². The van der Waals surface area contributed by atoms with Crippen LogP contribution in [0.4, 0.5) is 0 Å². The van der Waals surface area contributed by atoms with Gasteiger partial charge in [-0.3, -0.25) is 4.79 Å². The Morgan fingerprint density at radius 3 is 2.77 bits per heavy atom. The summed E-state index contributed by atoms with van der Waals surface area (Å²) < 4.78 is 26.9. The van der Waals surface area contributed by atoms with Crippen molar-refractivity contribution in [2.24, 2.45) is 5.92 Å². The molecule has 2 aromatic carbocycles. The predicted octanol–water partition coefficient (Wildman–Crippen LogP) is 2.48. The molecule has 1 aliphatic carbocycles. The number of nitrogens with zero attached hydrogens (tertiary/aromatic N) is 1. The van der Waals surface area contributed by atoms with Crippen LogP contribution in [0.2, 0.25) is 0 Å². The van der Waals surface area contributed by atoms with Crippen molar-refractivity contribution >= 4 is 26.7 Å². The van der Waals surface area contributed by atoms with Crippen LogP contribution in [0.1, 0.15) is 31.2 Å². The zero-order valence-electron chi connectivity index (χ0n) is 14.9. The van der Waals surface area contributed by atoms with E-state index in [9.17, 15) is 13.2 Å². The van der Waals surface area contributed by atoms with Crippen molar-refractivity contribution in [3.05, 3.63) is 48.0 Å². The van der Waals surface area contributed by atoms with Crippen molar-refractivity contribution < 1.29 is 13.2 Å². The second kappa shape index (κ2) is 6.67. The summed E-state index contributed by atoms with van der Waals surface area (Å²) in [5, 5.41) is 1.92. The van der Waals surface area contributed by atoms with Crippen molar-refractivity contribution in [3.8, 4) is 0 Å². The Morgan fingerprint density at radius 1 is 1.19 bits per heavy atom. The van der Waals surface area contributed by atoms with E-state index in [-0.39, 0.29) is 17.7 Å². The van der Waals surface area contributed by atoms with E-state index in [0.717, 1.165) is 6.42 Å². The Labute approximate surface area is 154 Å². The topological polar surface area (TPSA) is 66.5 Å². The fourth-order valence-corrected chi connectivity index (χ4v) is 5.55. The molecule has 2 fully saturated rings. The third-order valence-corrected chi connectivity index (χ3v) is 7.52. The number of fused-ring (bicyclic) bond motifs is 1. The highest BCUT2D eigenvalue weighted by Gasteiger charge is 2.48. The quantitative estimate of drug-likeness (QED) is 0.877. The normalized spacial score (nSPS) is 25.6. The summed E-state index contributed by atoms with van der Waals surface area (Å²) in [6.45, 7) is 3.01. The molecule has 1 saturated heterocycles. The lowest BCUT2D eigenvalue weighted by atomic mass is 10.00. The standard InChI is InChI=1S/C20H24N2O3S/c1-2-21-26(24,25)15-10-11-22(13-15)20(23)19-12-18(19)17-9-5-7-14-6-3-4-8-16(14)17/h3-9,15,18-19,21H,2,10-13H2,1H3/t15-,18-,19+/m1/s1. The van der Waals surface area contributed by atoms with Gasteiger partial charge in [-0.25, -0.2) is 13.1 Å². The first-order valence-corrected chi connectivity index (χ1v) is 10.8. The summed E-state index contributed by atoms with van der Waals surface area (Å²) in [6.07, 6.45) is 1.38. The fourth-order valence-electron chi connectivity index (χ4n) is 4.12. The molecule has 2 aromatic rings. The minimum Gasteiger partial charge on any atom is -0.341 e. The second-order valence-corrected chi connectivity index (χ2v) is 9.30. The molecule has 1 amide bonds. The van der Waals surface area contributed by atoms with Crippen LogP contribution < -0.4 is 4.72 Å². The lowest BCUT2D eigenvalue weighted by Gasteiger charge is -2.17. The average molecular weight is 372 g/mol. The van der Waals surface area contributed by atoms with E-state index in [4.69, 9.17) is 0 Å². The van der Waals surface area contributed by atoms with Crippen LogP contribution in [0, 0.1) is 5.92 Å². The minimum atomic E-state index is -3.32. The van der Waals surface area contributed by atoms with E-state index in [0.29, 0.717) is 26.1 Å². The zero-order chi connectivity index (χ0) is 18.3. The summed E-state index contributed by atoms with van der Waals surface area (Å²) in [5.41, 5.74) is 1.23. The Bertz CT molecular complexity index is 936. The SMILES string of the molecule is CCNS(=O)(=O)[C@@H]1CCN(C(=O)[C@H]2C[C@@H]2c2cccc3ccccc23)C1. The number of carbonyl (C=O) groups is 1. The second-order valence-electron chi connectivity index (χ2n) is 7.25. The first kappa shape index (κ1) is 17.5. The number of hydrogen-bond donors (Lipinski definition) is 1. The van der Waals surface area contributed by atoms with Crippen LogP contribution >= 0.6 is 0 Å². The maximum atomic E-state index is 12.9. The van der Waals surface area contributed by atoms with Gasteiger partial charge in [0.1, 0.15) is 0 Å². The molecule has 26 heavy (non-hydrogen) atoms. The number of hydrogen-bond acceptors (Lipinski definition) is 3. The van der Waals surface area contributed by atoms with Gasteiger partial charge in [0.25, 0.3) is 0 Å². The lowest BCUT2D eigenvalue weighted by molar-refractivity contribution is -0.131. The highest BCUT2D eigenvalue weighted by Crippen LogP contribution is 2.50. The third-order valence-electron chi connectivity index (χ3n) is 5.57. The molecule has 0 radical (unpaired) electrons. The summed E-state index contributed by atoms with van der Waals surface area (Å²) >= 11 is 0. The first-order chi connectivity index (χ1) is 12.5. The van der Waals surface area contributed by atoms with Crippen LogP contribution in [0.5, 0.6) is 0 Å². The van der Waals surface area contributed by atoms with Gasteiger partial charge >= 0.3 is 0 Å². The number of sulfonamides is 1. The van der Waals surface area contributed by atoms with E-state index in [1.807, 2.05) is 18.2 Å². The van der Waals surface area contributed by atoms with E-state index >= 15 is 0 Å². The lowest BCUT2D eigenvalue weighted by Crippen LogP contribution is -2.38. The zero-order valence-corrected chi connectivity index (χ0v) is 15.7. The van der Waals surface area contributed by atoms with E-state index in [1.54, 1.807) is 11.8 Å². The van der Waals surface area contributed by atoms with Crippen LogP contribution in [-0.4, -0.2) is 44.1 Å². The molecular weight excluding hydrogens is 348 g/mol. The largest absolute Gasteiger partial charge is 0.341 e. The number of carbonyl (C=O) groups excluding carboxylic acids is 1. The molecule has 138 valence electrons. The highest BCUT2D eigenvalue weighted by molar-refractivity contribution is 7.90. The van der Waals surface area contributed by atoms with Crippen molar-refractivity contribution in [3.63, 3.8) is 0 Å². The molecule has 0 bridgehead atoms. The smallest absolute Gasteiger partial charge is 0.226 e. The number of benzene rings is 2. The maximum absolute atomic E-state index is 12.9. The average Bonchev–Trinajstić information content (AvgIpc) is 3.26. The molecule has 5 nitrogen and oxygen atoms in total. The molecule has 2 aliphatic rings. The van der Waals surface area contributed by atoms with Gasteiger partial charge in [-0.15, -0.1) is 0 Å².